The van der Waals surface area contributed by atoms with E-state index in [0.717, 1.165) is 30.0 Å². The summed E-state index contributed by atoms with van der Waals surface area (Å²) in [7, 11) is 0. The maximum atomic E-state index is 12.3. The van der Waals surface area contributed by atoms with Crippen LogP contribution in [0.5, 0.6) is 5.75 Å². The van der Waals surface area contributed by atoms with E-state index in [0.29, 0.717) is 32.9 Å². The number of nitrogens with zero attached hydrogens (tertiary/aromatic N) is 1. The van der Waals surface area contributed by atoms with Gasteiger partial charge in [-0.15, -0.1) is 0 Å². The zero-order chi connectivity index (χ0) is 19.6. The lowest BCUT2D eigenvalue weighted by molar-refractivity contribution is 0.0167. The second kappa shape index (κ2) is 10.7. The number of nitrogens with one attached hydrogen (secondary N) is 2. The summed E-state index contributed by atoms with van der Waals surface area (Å²) in [6, 6.07) is 18.0. The molecule has 0 saturated carbocycles. The number of amides is 2. The van der Waals surface area contributed by atoms with Crippen LogP contribution in [-0.4, -0.2) is 50.4 Å². The Bertz CT molecular complexity index is 716. The molecule has 6 nitrogen and oxygen atoms in total. The lowest BCUT2D eigenvalue weighted by Crippen LogP contribution is -2.45. The average molecular weight is 383 g/mol. The van der Waals surface area contributed by atoms with Crippen LogP contribution in [0.25, 0.3) is 0 Å². The highest BCUT2D eigenvalue weighted by Gasteiger charge is 2.23. The molecule has 0 aromatic heterocycles. The van der Waals surface area contributed by atoms with Crippen molar-refractivity contribution in [2.24, 2.45) is 0 Å². The minimum atomic E-state index is -0.159. The molecule has 6 heteroatoms. The van der Waals surface area contributed by atoms with Crippen molar-refractivity contribution in [1.29, 1.82) is 0 Å². The summed E-state index contributed by atoms with van der Waals surface area (Å²) in [5.41, 5.74) is 2.24. The Kier molecular flexibility index (Phi) is 7.70. The minimum Gasteiger partial charge on any atom is -0.494 e. The van der Waals surface area contributed by atoms with Gasteiger partial charge >= 0.3 is 6.03 Å². The van der Waals surface area contributed by atoms with Gasteiger partial charge < -0.3 is 20.1 Å². The zero-order valence-corrected chi connectivity index (χ0v) is 16.4. The lowest BCUT2D eigenvalue weighted by atomic mass is 10.0. The van der Waals surface area contributed by atoms with Gasteiger partial charge in [-0.25, -0.2) is 4.79 Å². The molecule has 0 radical (unpaired) electrons. The third-order valence-corrected chi connectivity index (χ3v) is 4.81. The van der Waals surface area contributed by atoms with Gasteiger partial charge in [-0.05, 0) is 30.2 Å². The van der Waals surface area contributed by atoms with E-state index >= 15 is 0 Å². The van der Waals surface area contributed by atoms with Crippen LogP contribution in [0.3, 0.4) is 0 Å². The molecular weight excluding hydrogens is 354 g/mol. The molecule has 1 fully saturated rings. The Morgan fingerprint density at radius 2 is 1.79 bits per heavy atom. The van der Waals surface area contributed by atoms with Gasteiger partial charge in [0.25, 0.3) is 0 Å². The van der Waals surface area contributed by atoms with Crippen molar-refractivity contribution in [3.8, 4) is 5.75 Å². The van der Waals surface area contributed by atoms with E-state index in [4.69, 9.17) is 9.47 Å². The first-order valence-electron chi connectivity index (χ1n) is 9.86. The van der Waals surface area contributed by atoms with Crippen LogP contribution in [0, 0.1) is 0 Å². The molecule has 2 N–H and O–H groups in total. The Balaban J connectivity index is 1.59. The Morgan fingerprint density at radius 1 is 1.07 bits per heavy atom. The number of ether oxygens (including phenoxy) is 2. The first-order valence-corrected chi connectivity index (χ1v) is 9.86. The number of rotatable bonds is 8. The fourth-order valence-corrected chi connectivity index (χ4v) is 3.33. The van der Waals surface area contributed by atoms with Crippen LogP contribution in [0.4, 0.5) is 4.79 Å². The normalized spacial score (nSPS) is 15.6. The van der Waals surface area contributed by atoms with E-state index in [9.17, 15) is 4.79 Å². The highest BCUT2D eigenvalue weighted by Crippen LogP contribution is 2.23. The number of carbonyl (C=O) groups is 1. The number of carbonyl (C=O) groups excluding carboxylic acids is 1. The molecule has 2 aromatic carbocycles. The van der Waals surface area contributed by atoms with Crippen molar-refractivity contribution in [2.75, 3.05) is 39.5 Å². The molecule has 2 amide bonds. The molecule has 0 spiro atoms. The van der Waals surface area contributed by atoms with Gasteiger partial charge in [-0.2, -0.15) is 0 Å². The number of urea groups is 1. The van der Waals surface area contributed by atoms with E-state index in [1.165, 1.54) is 0 Å². The van der Waals surface area contributed by atoms with Gasteiger partial charge in [0.05, 0.1) is 25.9 Å². The third kappa shape index (κ3) is 5.97. The predicted molar refractivity (Wildman–Crippen MR) is 109 cm³/mol. The van der Waals surface area contributed by atoms with Gasteiger partial charge in [0.15, 0.2) is 0 Å². The van der Waals surface area contributed by atoms with Crippen molar-refractivity contribution in [1.82, 2.24) is 15.5 Å². The van der Waals surface area contributed by atoms with E-state index in [1.807, 2.05) is 49.4 Å². The number of morpholine rings is 1. The summed E-state index contributed by atoms with van der Waals surface area (Å²) in [5.74, 6) is 0.862. The number of hydrogen-bond acceptors (Lipinski definition) is 4. The van der Waals surface area contributed by atoms with E-state index in [1.54, 1.807) is 0 Å². The van der Waals surface area contributed by atoms with Crippen molar-refractivity contribution >= 4 is 6.03 Å². The largest absolute Gasteiger partial charge is 0.494 e. The van der Waals surface area contributed by atoms with E-state index in [-0.39, 0.29) is 12.1 Å². The lowest BCUT2D eigenvalue weighted by Gasteiger charge is -2.35. The zero-order valence-electron chi connectivity index (χ0n) is 16.4. The molecule has 1 heterocycles. The maximum Gasteiger partial charge on any atom is 0.315 e. The van der Waals surface area contributed by atoms with Crippen molar-refractivity contribution in [2.45, 2.75) is 19.5 Å². The Morgan fingerprint density at radius 3 is 2.46 bits per heavy atom. The molecule has 3 rings (SSSR count). The quantitative estimate of drug-likeness (QED) is 0.736. The molecule has 28 heavy (non-hydrogen) atoms. The Labute approximate surface area is 166 Å². The predicted octanol–water partition coefficient (Wildman–Crippen LogP) is 2.96. The monoisotopic (exact) mass is 383 g/mol. The molecule has 2 aromatic rings. The fraction of sp³-hybridized carbons (Fsp3) is 0.409. The smallest absolute Gasteiger partial charge is 0.315 e. The van der Waals surface area contributed by atoms with Crippen LogP contribution in [0.2, 0.25) is 0 Å². The topological polar surface area (TPSA) is 62.8 Å². The molecule has 150 valence electrons. The van der Waals surface area contributed by atoms with Gasteiger partial charge in [0.1, 0.15) is 5.75 Å². The average Bonchev–Trinajstić information content (AvgIpc) is 2.75. The highest BCUT2D eigenvalue weighted by molar-refractivity contribution is 5.73. The van der Waals surface area contributed by atoms with Gasteiger partial charge in [-0.3, -0.25) is 4.90 Å². The summed E-state index contributed by atoms with van der Waals surface area (Å²) in [6.07, 6.45) is 0. The van der Waals surface area contributed by atoms with Gasteiger partial charge in [-0.1, -0.05) is 42.5 Å². The van der Waals surface area contributed by atoms with Crippen LogP contribution < -0.4 is 15.4 Å². The second-order valence-corrected chi connectivity index (χ2v) is 6.72. The molecule has 0 bridgehead atoms. The number of benzene rings is 2. The molecule has 1 saturated heterocycles. The standard InChI is InChI=1S/C22H29N3O3/c1-2-28-20-10-8-19(9-11-20)21(25-12-14-27-15-13-25)17-24-22(26)23-16-18-6-4-3-5-7-18/h3-11,21H,2,12-17H2,1H3,(H2,23,24,26). The SMILES string of the molecule is CCOc1ccc(C(CNC(=O)NCc2ccccc2)N2CCOCC2)cc1. The minimum absolute atomic E-state index is 0.0991. The molecular formula is C22H29N3O3. The van der Waals surface area contributed by atoms with E-state index in [2.05, 4.69) is 27.7 Å². The van der Waals surface area contributed by atoms with Gasteiger partial charge in [0, 0.05) is 26.2 Å². The summed E-state index contributed by atoms with van der Waals surface area (Å²) in [6.45, 7) is 6.81. The molecule has 1 unspecified atom stereocenters. The van der Waals surface area contributed by atoms with E-state index < -0.39 is 0 Å². The molecule has 0 aliphatic carbocycles. The van der Waals surface area contributed by atoms with Gasteiger partial charge in [0.2, 0.25) is 0 Å². The second-order valence-electron chi connectivity index (χ2n) is 6.72. The summed E-state index contributed by atoms with van der Waals surface area (Å²) < 4.78 is 11.0. The van der Waals surface area contributed by atoms with Crippen molar-refractivity contribution < 1.29 is 14.3 Å². The fourth-order valence-electron chi connectivity index (χ4n) is 3.33. The van der Waals surface area contributed by atoms with Crippen LogP contribution >= 0.6 is 0 Å². The third-order valence-electron chi connectivity index (χ3n) is 4.81. The van der Waals surface area contributed by atoms with Crippen LogP contribution in [0.15, 0.2) is 54.6 Å². The number of hydrogen-bond donors (Lipinski definition) is 2. The van der Waals surface area contributed by atoms with Crippen LogP contribution in [0.1, 0.15) is 24.1 Å². The van der Waals surface area contributed by atoms with Crippen molar-refractivity contribution in [3.05, 3.63) is 65.7 Å². The molecule has 1 aliphatic heterocycles. The maximum absolute atomic E-state index is 12.3. The summed E-state index contributed by atoms with van der Waals surface area (Å²) in [4.78, 5) is 14.6. The Hall–Kier alpha value is -2.57. The van der Waals surface area contributed by atoms with Crippen molar-refractivity contribution in [3.63, 3.8) is 0 Å². The highest BCUT2D eigenvalue weighted by atomic mass is 16.5. The van der Waals surface area contributed by atoms with Crippen LogP contribution in [-0.2, 0) is 11.3 Å². The first kappa shape index (κ1) is 20.2. The summed E-state index contributed by atoms with van der Waals surface area (Å²) >= 11 is 0. The molecule has 1 atom stereocenters. The first-order chi connectivity index (χ1) is 13.8. The summed E-state index contributed by atoms with van der Waals surface area (Å²) in [5, 5.41) is 5.95. The molecule has 1 aliphatic rings.